The smallest absolute Gasteiger partial charge is 0.191 e. The minimum absolute atomic E-state index is 0. The van der Waals surface area contributed by atoms with Crippen molar-refractivity contribution in [2.75, 3.05) is 6.54 Å². The van der Waals surface area contributed by atoms with Gasteiger partial charge in [-0.1, -0.05) is 19.8 Å². The van der Waals surface area contributed by atoms with Crippen molar-refractivity contribution in [2.45, 2.75) is 66.0 Å². The largest absolute Gasteiger partial charge is 0.357 e. The summed E-state index contributed by atoms with van der Waals surface area (Å²) in [7, 11) is 1.99. The molecule has 0 bridgehead atoms. The van der Waals surface area contributed by atoms with Crippen LogP contribution in [0.25, 0.3) is 0 Å². The lowest BCUT2D eigenvalue weighted by atomic mass is 9.87. The number of hydrogen-bond donors (Lipinski definition) is 2. The Kier molecular flexibility index (Phi) is 8.36. The highest BCUT2D eigenvalue weighted by molar-refractivity contribution is 14.0. The Balaban J connectivity index is 0.00000264. The molecule has 1 aliphatic rings. The van der Waals surface area contributed by atoms with Crippen molar-refractivity contribution < 1.29 is 0 Å². The van der Waals surface area contributed by atoms with Gasteiger partial charge in [0, 0.05) is 30.9 Å². The molecule has 6 heteroatoms. The molecule has 0 saturated heterocycles. The van der Waals surface area contributed by atoms with E-state index in [4.69, 9.17) is 4.99 Å². The summed E-state index contributed by atoms with van der Waals surface area (Å²) in [6.07, 6.45) is 5.17. The van der Waals surface area contributed by atoms with Gasteiger partial charge in [0.25, 0.3) is 0 Å². The standard InChI is InChI=1S/C17H31N5.HI/c1-6-18-17(20-15-9-7-8-12(2)10-15)19-11-16-13(3)21-22(5)14(16)4;/h12,15H,6-11H2,1-5H3,(H2,18,19,20);1H. The van der Waals surface area contributed by atoms with Crippen molar-refractivity contribution in [3.8, 4) is 0 Å². The zero-order chi connectivity index (χ0) is 16.1. The summed E-state index contributed by atoms with van der Waals surface area (Å²) >= 11 is 0. The van der Waals surface area contributed by atoms with E-state index in [-0.39, 0.29) is 24.0 Å². The second-order valence-corrected chi connectivity index (χ2v) is 6.58. The summed E-state index contributed by atoms with van der Waals surface area (Å²) in [6.45, 7) is 10.2. The van der Waals surface area contributed by atoms with E-state index in [1.54, 1.807) is 0 Å². The lowest BCUT2D eigenvalue weighted by Crippen LogP contribution is -2.45. The maximum atomic E-state index is 4.78. The van der Waals surface area contributed by atoms with Gasteiger partial charge < -0.3 is 10.6 Å². The van der Waals surface area contributed by atoms with Crippen LogP contribution < -0.4 is 10.6 Å². The molecule has 0 aliphatic heterocycles. The van der Waals surface area contributed by atoms with Crippen LogP contribution in [0.5, 0.6) is 0 Å². The van der Waals surface area contributed by atoms with Crippen LogP contribution in [-0.4, -0.2) is 28.3 Å². The SMILES string of the molecule is CCNC(=NCc1c(C)nn(C)c1C)NC1CCCC(C)C1.I. The lowest BCUT2D eigenvalue weighted by molar-refractivity contribution is 0.324. The molecule has 0 radical (unpaired) electrons. The Morgan fingerprint density at radius 2 is 2.09 bits per heavy atom. The molecule has 0 aromatic carbocycles. The van der Waals surface area contributed by atoms with E-state index >= 15 is 0 Å². The summed E-state index contributed by atoms with van der Waals surface area (Å²) in [5, 5.41) is 11.5. The molecule has 2 rings (SSSR count). The normalized spacial score (nSPS) is 21.7. The molecular weight excluding hydrogens is 401 g/mol. The molecule has 1 aliphatic carbocycles. The van der Waals surface area contributed by atoms with Gasteiger partial charge in [-0.25, -0.2) is 4.99 Å². The fourth-order valence-corrected chi connectivity index (χ4v) is 3.28. The fourth-order valence-electron chi connectivity index (χ4n) is 3.28. The van der Waals surface area contributed by atoms with E-state index in [0.29, 0.717) is 12.6 Å². The van der Waals surface area contributed by atoms with Gasteiger partial charge in [-0.05, 0) is 39.5 Å². The maximum Gasteiger partial charge on any atom is 0.191 e. The molecule has 1 aromatic heterocycles. The quantitative estimate of drug-likeness (QED) is 0.435. The van der Waals surface area contributed by atoms with Gasteiger partial charge in [0.2, 0.25) is 0 Å². The van der Waals surface area contributed by atoms with E-state index in [0.717, 1.165) is 24.1 Å². The lowest BCUT2D eigenvalue weighted by Gasteiger charge is -2.28. The van der Waals surface area contributed by atoms with Crippen molar-refractivity contribution >= 4 is 29.9 Å². The first-order chi connectivity index (χ1) is 10.5. The summed E-state index contributed by atoms with van der Waals surface area (Å²) in [4.78, 5) is 4.78. The third-order valence-electron chi connectivity index (χ3n) is 4.68. The molecule has 1 saturated carbocycles. The summed E-state index contributed by atoms with van der Waals surface area (Å²) in [6, 6.07) is 0.553. The van der Waals surface area contributed by atoms with Gasteiger partial charge in [0.05, 0.1) is 12.2 Å². The van der Waals surface area contributed by atoms with E-state index in [1.165, 1.54) is 36.9 Å². The average Bonchev–Trinajstić information content (AvgIpc) is 2.70. The average molecular weight is 433 g/mol. The van der Waals surface area contributed by atoms with Gasteiger partial charge in [-0.15, -0.1) is 24.0 Å². The molecule has 23 heavy (non-hydrogen) atoms. The van der Waals surface area contributed by atoms with Crippen LogP contribution in [-0.2, 0) is 13.6 Å². The third-order valence-corrected chi connectivity index (χ3v) is 4.68. The highest BCUT2D eigenvalue weighted by Crippen LogP contribution is 2.23. The predicted molar refractivity (Wildman–Crippen MR) is 107 cm³/mol. The molecule has 5 nitrogen and oxygen atoms in total. The van der Waals surface area contributed by atoms with Crippen LogP contribution in [0.3, 0.4) is 0 Å². The van der Waals surface area contributed by atoms with E-state index in [2.05, 4.69) is 43.4 Å². The summed E-state index contributed by atoms with van der Waals surface area (Å²) in [5.74, 6) is 1.75. The molecule has 2 unspecified atom stereocenters. The fraction of sp³-hybridized carbons (Fsp3) is 0.765. The Hall–Kier alpha value is -0.790. The minimum atomic E-state index is 0. The highest BCUT2D eigenvalue weighted by atomic mass is 127. The van der Waals surface area contributed by atoms with Crippen LogP contribution in [0, 0.1) is 19.8 Å². The molecule has 2 atom stereocenters. The second kappa shape index (κ2) is 9.49. The molecule has 132 valence electrons. The van der Waals surface area contributed by atoms with Crippen LogP contribution in [0.2, 0.25) is 0 Å². The number of guanidine groups is 1. The molecule has 2 N–H and O–H groups in total. The van der Waals surface area contributed by atoms with Crippen LogP contribution in [0.15, 0.2) is 4.99 Å². The molecule has 1 heterocycles. The van der Waals surface area contributed by atoms with Crippen LogP contribution in [0.1, 0.15) is 56.5 Å². The molecule has 1 aromatic rings. The molecular formula is C17H32IN5. The van der Waals surface area contributed by atoms with E-state index < -0.39 is 0 Å². The number of hydrogen-bond acceptors (Lipinski definition) is 2. The zero-order valence-electron chi connectivity index (χ0n) is 15.1. The Morgan fingerprint density at radius 3 is 2.65 bits per heavy atom. The Morgan fingerprint density at radius 1 is 1.35 bits per heavy atom. The minimum Gasteiger partial charge on any atom is -0.357 e. The van der Waals surface area contributed by atoms with Gasteiger partial charge in [-0.3, -0.25) is 4.68 Å². The molecule has 1 fully saturated rings. The van der Waals surface area contributed by atoms with E-state index in [1.807, 2.05) is 11.7 Å². The zero-order valence-corrected chi connectivity index (χ0v) is 17.5. The number of nitrogens with one attached hydrogen (secondary N) is 2. The van der Waals surface area contributed by atoms with Gasteiger partial charge >= 0.3 is 0 Å². The number of rotatable bonds is 4. The number of aliphatic imine (C=N–C) groups is 1. The Bertz CT molecular complexity index is 523. The van der Waals surface area contributed by atoms with Crippen molar-refractivity contribution in [1.82, 2.24) is 20.4 Å². The topological polar surface area (TPSA) is 54.2 Å². The van der Waals surface area contributed by atoms with Crippen molar-refractivity contribution in [3.63, 3.8) is 0 Å². The summed E-state index contributed by atoms with van der Waals surface area (Å²) < 4.78 is 1.93. The number of aromatic nitrogens is 2. The summed E-state index contributed by atoms with van der Waals surface area (Å²) in [5.41, 5.74) is 3.51. The Labute approximate surface area is 157 Å². The van der Waals surface area contributed by atoms with Gasteiger partial charge in [0.1, 0.15) is 0 Å². The van der Waals surface area contributed by atoms with Crippen LogP contribution in [0.4, 0.5) is 0 Å². The van der Waals surface area contributed by atoms with Gasteiger partial charge in [0.15, 0.2) is 5.96 Å². The predicted octanol–water partition coefficient (Wildman–Crippen LogP) is 3.29. The second-order valence-electron chi connectivity index (χ2n) is 6.58. The first kappa shape index (κ1) is 20.3. The van der Waals surface area contributed by atoms with Crippen LogP contribution >= 0.6 is 24.0 Å². The first-order valence-electron chi connectivity index (χ1n) is 8.55. The first-order valence-corrected chi connectivity index (χ1v) is 8.55. The molecule has 0 spiro atoms. The number of halogens is 1. The van der Waals surface area contributed by atoms with Crippen molar-refractivity contribution in [1.29, 1.82) is 0 Å². The maximum absolute atomic E-state index is 4.78. The van der Waals surface area contributed by atoms with E-state index in [9.17, 15) is 0 Å². The highest BCUT2D eigenvalue weighted by Gasteiger charge is 2.19. The van der Waals surface area contributed by atoms with Gasteiger partial charge in [-0.2, -0.15) is 5.10 Å². The monoisotopic (exact) mass is 433 g/mol. The third kappa shape index (κ3) is 5.65. The van der Waals surface area contributed by atoms with Crippen molar-refractivity contribution in [2.24, 2.45) is 18.0 Å². The number of nitrogens with zero attached hydrogens (tertiary/aromatic N) is 3. The van der Waals surface area contributed by atoms with Crippen molar-refractivity contribution in [3.05, 3.63) is 17.0 Å². The molecule has 0 amide bonds. The number of aryl methyl sites for hydroxylation is 2.